The maximum atomic E-state index is 11.5. The van der Waals surface area contributed by atoms with Gasteiger partial charge in [-0.2, -0.15) is 0 Å². The van der Waals surface area contributed by atoms with Crippen molar-refractivity contribution in [2.45, 2.75) is 33.4 Å². The van der Waals surface area contributed by atoms with Crippen molar-refractivity contribution >= 4 is 16.8 Å². The Morgan fingerprint density at radius 3 is 2.80 bits per heavy atom. The van der Waals surface area contributed by atoms with Crippen LogP contribution in [0.1, 0.15) is 25.8 Å². The first-order valence-electron chi connectivity index (χ1n) is 7.29. The van der Waals surface area contributed by atoms with E-state index in [1.165, 1.54) is 16.5 Å². The smallest absolute Gasteiger partial charge is 0.221 e. The predicted octanol–water partition coefficient (Wildman–Crippen LogP) is 2.28. The Morgan fingerprint density at radius 2 is 2.05 bits per heavy atom. The van der Waals surface area contributed by atoms with E-state index in [1.807, 2.05) is 6.92 Å². The molecule has 0 atom stereocenters. The molecule has 1 amide bonds. The fourth-order valence-electron chi connectivity index (χ4n) is 2.31. The Bertz CT molecular complexity index is 574. The first kappa shape index (κ1) is 14.6. The van der Waals surface area contributed by atoms with Gasteiger partial charge in [0.15, 0.2) is 0 Å². The molecule has 0 saturated heterocycles. The van der Waals surface area contributed by atoms with Gasteiger partial charge < -0.3 is 15.2 Å². The molecule has 4 nitrogen and oxygen atoms in total. The number of aromatic nitrogens is 1. The molecular weight excluding hydrogens is 250 g/mol. The Kier molecular flexibility index (Phi) is 5.18. The number of aryl methyl sites for hydroxylation is 1. The van der Waals surface area contributed by atoms with E-state index in [4.69, 9.17) is 0 Å². The van der Waals surface area contributed by atoms with Gasteiger partial charge in [-0.15, -0.1) is 0 Å². The Morgan fingerprint density at radius 1 is 1.20 bits per heavy atom. The summed E-state index contributed by atoms with van der Waals surface area (Å²) in [6.07, 6.45) is 2.58. The fourth-order valence-corrected chi connectivity index (χ4v) is 2.31. The summed E-state index contributed by atoms with van der Waals surface area (Å²) in [7, 11) is 0. The van der Waals surface area contributed by atoms with Crippen LogP contribution >= 0.6 is 0 Å². The quantitative estimate of drug-likeness (QED) is 0.813. The van der Waals surface area contributed by atoms with Crippen molar-refractivity contribution in [1.29, 1.82) is 0 Å². The van der Waals surface area contributed by atoms with E-state index < -0.39 is 0 Å². The van der Waals surface area contributed by atoms with Crippen LogP contribution in [0, 0.1) is 0 Å². The molecular formula is C16H23N3O. The minimum absolute atomic E-state index is 0.109. The molecule has 1 aromatic heterocycles. The maximum absolute atomic E-state index is 11.5. The normalized spacial score (nSPS) is 10.9. The molecule has 1 heterocycles. The summed E-state index contributed by atoms with van der Waals surface area (Å²) < 4.78 is 2.15. The topological polar surface area (TPSA) is 46.1 Å². The van der Waals surface area contributed by atoms with Gasteiger partial charge in [-0.1, -0.05) is 19.1 Å². The number of benzene rings is 1. The van der Waals surface area contributed by atoms with E-state index in [0.29, 0.717) is 13.0 Å². The Labute approximate surface area is 120 Å². The molecule has 0 saturated carbocycles. The largest absolute Gasteiger partial charge is 0.356 e. The number of nitrogens with zero attached hydrogens (tertiary/aromatic N) is 1. The van der Waals surface area contributed by atoms with E-state index >= 15 is 0 Å². The standard InChI is InChI=1S/C16H23N3O/c1-3-17-12-13-5-6-14-7-9-19(15(14)11-13)10-8-16(20)18-4-2/h5-7,9,11,17H,3-4,8,10,12H2,1-2H3,(H,18,20). The second kappa shape index (κ2) is 7.10. The average Bonchev–Trinajstić information content (AvgIpc) is 2.85. The van der Waals surface area contributed by atoms with Crippen molar-refractivity contribution in [2.75, 3.05) is 13.1 Å². The van der Waals surface area contributed by atoms with Gasteiger partial charge in [0.25, 0.3) is 0 Å². The fraction of sp³-hybridized carbons (Fsp3) is 0.438. The number of amides is 1. The molecule has 2 aromatic rings. The predicted molar refractivity (Wildman–Crippen MR) is 82.6 cm³/mol. The second-order valence-electron chi connectivity index (χ2n) is 4.89. The van der Waals surface area contributed by atoms with Crippen LogP contribution in [0.2, 0.25) is 0 Å². The van der Waals surface area contributed by atoms with Gasteiger partial charge in [0.05, 0.1) is 0 Å². The monoisotopic (exact) mass is 273 g/mol. The minimum Gasteiger partial charge on any atom is -0.356 e. The zero-order chi connectivity index (χ0) is 14.4. The molecule has 0 unspecified atom stereocenters. The van der Waals surface area contributed by atoms with Crippen molar-refractivity contribution in [2.24, 2.45) is 0 Å². The molecule has 0 aliphatic carbocycles. The number of carbonyl (C=O) groups is 1. The van der Waals surface area contributed by atoms with E-state index in [-0.39, 0.29) is 5.91 Å². The summed E-state index contributed by atoms with van der Waals surface area (Å²) in [6.45, 7) is 7.31. The highest BCUT2D eigenvalue weighted by atomic mass is 16.1. The van der Waals surface area contributed by atoms with Crippen LogP contribution in [0.15, 0.2) is 30.5 Å². The van der Waals surface area contributed by atoms with Gasteiger partial charge in [-0.05, 0) is 36.6 Å². The number of hydrogen-bond donors (Lipinski definition) is 2. The second-order valence-corrected chi connectivity index (χ2v) is 4.89. The lowest BCUT2D eigenvalue weighted by Crippen LogP contribution is -2.23. The van der Waals surface area contributed by atoms with Crippen LogP contribution in [0.4, 0.5) is 0 Å². The zero-order valence-corrected chi connectivity index (χ0v) is 12.3. The van der Waals surface area contributed by atoms with E-state index in [1.54, 1.807) is 0 Å². The molecule has 1 aromatic carbocycles. The first-order valence-corrected chi connectivity index (χ1v) is 7.29. The number of fused-ring (bicyclic) bond motifs is 1. The van der Waals surface area contributed by atoms with Crippen LogP contribution in [-0.2, 0) is 17.9 Å². The van der Waals surface area contributed by atoms with Crippen molar-refractivity contribution in [3.05, 3.63) is 36.0 Å². The summed E-state index contributed by atoms with van der Waals surface area (Å²) in [5.41, 5.74) is 2.47. The molecule has 0 radical (unpaired) electrons. The molecule has 20 heavy (non-hydrogen) atoms. The number of carbonyl (C=O) groups excluding carboxylic acids is 1. The zero-order valence-electron chi connectivity index (χ0n) is 12.3. The molecule has 2 N–H and O–H groups in total. The third-order valence-corrected chi connectivity index (χ3v) is 3.37. The van der Waals surface area contributed by atoms with Crippen molar-refractivity contribution in [3.8, 4) is 0 Å². The van der Waals surface area contributed by atoms with E-state index in [0.717, 1.165) is 19.6 Å². The van der Waals surface area contributed by atoms with Gasteiger partial charge in [0.1, 0.15) is 0 Å². The highest BCUT2D eigenvalue weighted by Gasteiger charge is 2.05. The molecule has 0 fully saturated rings. The SMILES string of the molecule is CCNCc1ccc2ccn(CCC(=O)NCC)c2c1. The highest BCUT2D eigenvalue weighted by molar-refractivity contribution is 5.81. The number of hydrogen-bond acceptors (Lipinski definition) is 2. The molecule has 0 aliphatic heterocycles. The summed E-state index contributed by atoms with van der Waals surface area (Å²) in [6, 6.07) is 8.60. The number of nitrogens with one attached hydrogen (secondary N) is 2. The van der Waals surface area contributed by atoms with Gasteiger partial charge in [-0.25, -0.2) is 0 Å². The van der Waals surface area contributed by atoms with E-state index in [2.05, 4.69) is 52.6 Å². The lowest BCUT2D eigenvalue weighted by molar-refractivity contribution is -0.121. The summed E-state index contributed by atoms with van der Waals surface area (Å²) >= 11 is 0. The van der Waals surface area contributed by atoms with Crippen LogP contribution in [-0.4, -0.2) is 23.6 Å². The van der Waals surface area contributed by atoms with Gasteiger partial charge in [0, 0.05) is 37.8 Å². The lowest BCUT2D eigenvalue weighted by Gasteiger charge is -2.07. The van der Waals surface area contributed by atoms with Crippen LogP contribution in [0.3, 0.4) is 0 Å². The van der Waals surface area contributed by atoms with Gasteiger partial charge >= 0.3 is 0 Å². The lowest BCUT2D eigenvalue weighted by atomic mass is 10.1. The molecule has 0 bridgehead atoms. The molecule has 108 valence electrons. The van der Waals surface area contributed by atoms with Crippen molar-refractivity contribution < 1.29 is 4.79 Å². The maximum Gasteiger partial charge on any atom is 0.221 e. The van der Waals surface area contributed by atoms with Crippen molar-refractivity contribution in [1.82, 2.24) is 15.2 Å². The highest BCUT2D eigenvalue weighted by Crippen LogP contribution is 2.18. The van der Waals surface area contributed by atoms with Crippen LogP contribution in [0.5, 0.6) is 0 Å². The van der Waals surface area contributed by atoms with Crippen LogP contribution in [0.25, 0.3) is 10.9 Å². The van der Waals surface area contributed by atoms with E-state index in [9.17, 15) is 4.79 Å². The third-order valence-electron chi connectivity index (χ3n) is 3.37. The first-order chi connectivity index (χ1) is 9.74. The van der Waals surface area contributed by atoms with Gasteiger partial charge in [-0.3, -0.25) is 4.79 Å². The minimum atomic E-state index is 0.109. The summed E-state index contributed by atoms with van der Waals surface area (Å²) in [4.78, 5) is 11.5. The molecule has 0 aliphatic rings. The van der Waals surface area contributed by atoms with Crippen molar-refractivity contribution in [3.63, 3.8) is 0 Å². The number of rotatable bonds is 7. The van der Waals surface area contributed by atoms with Gasteiger partial charge in [0.2, 0.25) is 5.91 Å². The third kappa shape index (κ3) is 3.61. The molecule has 2 rings (SSSR count). The van der Waals surface area contributed by atoms with Crippen LogP contribution < -0.4 is 10.6 Å². The molecule has 4 heteroatoms. The Hall–Kier alpha value is -1.81. The average molecular weight is 273 g/mol. The molecule has 0 spiro atoms. The summed E-state index contributed by atoms with van der Waals surface area (Å²) in [5, 5.41) is 7.39. The Balaban J connectivity index is 2.10. The summed E-state index contributed by atoms with van der Waals surface area (Å²) in [5.74, 6) is 0.109.